The van der Waals surface area contributed by atoms with Gasteiger partial charge in [-0.05, 0) is 58.3 Å². The summed E-state index contributed by atoms with van der Waals surface area (Å²) < 4.78 is 0. The highest BCUT2D eigenvalue weighted by molar-refractivity contribution is 4.88. The molecule has 1 rings (SSSR count). The topological polar surface area (TPSA) is 36.9 Å². The Morgan fingerprint density at radius 2 is 1.30 bits per heavy atom. The van der Waals surface area contributed by atoms with Crippen LogP contribution in [0, 0.1) is 11.3 Å². The van der Waals surface area contributed by atoms with E-state index >= 15 is 0 Å². The van der Waals surface area contributed by atoms with Gasteiger partial charge < -0.3 is 0 Å². The Balaban J connectivity index is 2.84. The first-order valence-corrected chi connectivity index (χ1v) is 9.11. The van der Waals surface area contributed by atoms with Gasteiger partial charge in [0.1, 0.15) is 0 Å². The van der Waals surface area contributed by atoms with Crippen molar-refractivity contribution in [1.29, 1.82) is 0 Å². The van der Waals surface area contributed by atoms with Crippen molar-refractivity contribution in [1.82, 2.24) is 0 Å². The maximum atomic E-state index is 5.88. The number of hydrogen-bond donors (Lipinski definition) is 0. The highest BCUT2D eigenvalue weighted by Gasteiger charge is 2.48. The van der Waals surface area contributed by atoms with Crippen molar-refractivity contribution in [3.8, 4) is 0 Å². The van der Waals surface area contributed by atoms with E-state index in [2.05, 4.69) is 34.6 Å². The van der Waals surface area contributed by atoms with Crippen molar-refractivity contribution in [3.05, 3.63) is 0 Å². The highest BCUT2D eigenvalue weighted by Crippen LogP contribution is 2.47. The van der Waals surface area contributed by atoms with Crippen LogP contribution < -0.4 is 0 Å². The van der Waals surface area contributed by atoms with Gasteiger partial charge in [0.25, 0.3) is 0 Å². The summed E-state index contributed by atoms with van der Waals surface area (Å²) in [5.74, 6) is -0.369. The number of rotatable bonds is 8. The molecule has 1 saturated carbocycles. The van der Waals surface area contributed by atoms with Crippen LogP contribution in [0.3, 0.4) is 0 Å². The van der Waals surface area contributed by atoms with E-state index in [-0.39, 0.29) is 16.6 Å². The van der Waals surface area contributed by atoms with Crippen LogP contribution in [0.1, 0.15) is 94.4 Å². The zero-order chi connectivity index (χ0) is 17.9. The Hall–Kier alpha value is -0.160. The summed E-state index contributed by atoms with van der Waals surface area (Å²) in [6.45, 7) is 19.1. The van der Waals surface area contributed by atoms with Crippen molar-refractivity contribution in [2.45, 2.75) is 111 Å². The van der Waals surface area contributed by atoms with E-state index in [0.29, 0.717) is 5.92 Å². The predicted octanol–water partition coefficient (Wildman–Crippen LogP) is 5.80. The summed E-state index contributed by atoms with van der Waals surface area (Å²) in [5.41, 5.74) is -0.406. The quantitative estimate of drug-likeness (QED) is 0.320. The first kappa shape index (κ1) is 20.9. The fourth-order valence-corrected chi connectivity index (χ4v) is 2.26. The Labute approximate surface area is 143 Å². The number of hydrogen-bond acceptors (Lipinski definition) is 4. The van der Waals surface area contributed by atoms with Crippen LogP contribution in [-0.2, 0) is 19.6 Å². The third kappa shape index (κ3) is 6.00. The average molecular weight is 331 g/mol. The fourth-order valence-electron chi connectivity index (χ4n) is 2.26. The molecule has 0 amide bonds. The van der Waals surface area contributed by atoms with Crippen LogP contribution >= 0.6 is 0 Å². The normalized spacial score (nSPS) is 24.7. The first-order chi connectivity index (χ1) is 10.4. The van der Waals surface area contributed by atoms with E-state index < -0.39 is 5.79 Å². The maximum Gasteiger partial charge on any atom is 0.234 e. The second-order valence-electron chi connectivity index (χ2n) is 9.06. The molecular weight excluding hydrogens is 292 g/mol. The van der Waals surface area contributed by atoms with Gasteiger partial charge in [-0.2, -0.15) is 9.78 Å². The summed E-state index contributed by atoms with van der Waals surface area (Å²) in [6.07, 6.45) is 4.28. The molecule has 0 heterocycles. The summed E-state index contributed by atoms with van der Waals surface area (Å²) in [4.78, 5) is 23.2. The third-order valence-corrected chi connectivity index (χ3v) is 5.64. The lowest BCUT2D eigenvalue weighted by Crippen LogP contribution is -2.48. The summed E-state index contributed by atoms with van der Waals surface area (Å²) in [5, 5.41) is 0. The van der Waals surface area contributed by atoms with E-state index in [1.807, 2.05) is 27.7 Å². The van der Waals surface area contributed by atoms with Gasteiger partial charge in [-0.15, -0.1) is 0 Å². The lowest BCUT2D eigenvalue weighted by molar-refractivity contribution is -0.551. The van der Waals surface area contributed by atoms with E-state index in [9.17, 15) is 0 Å². The van der Waals surface area contributed by atoms with Crippen LogP contribution in [0.4, 0.5) is 0 Å². The second kappa shape index (κ2) is 7.38. The van der Waals surface area contributed by atoms with E-state index in [4.69, 9.17) is 19.6 Å². The van der Waals surface area contributed by atoms with Crippen LogP contribution in [0.15, 0.2) is 0 Å². The molecule has 1 aliphatic rings. The maximum absolute atomic E-state index is 5.88. The molecule has 23 heavy (non-hydrogen) atoms. The minimum atomic E-state index is -0.826. The van der Waals surface area contributed by atoms with Crippen LogP contribution in [0.25, 0.3) is 0 Å². The lowest BCUT2D eigenvalue weighted by atomic mass is 9.68. The van der Waals surface area contributed by atoms with Gasteiger partial charge in [-0.25, -0.2) is 9.78 Å². The summed E-state index contributed by atoms with van der Waals surface area (Å²) in [7, 11) is 0. The molecule has 0 saturated heterocycles. The average Bonchev–Trinajstić information content (AvgIpc) is 2.48. The van der Waals surface area contributed by atoms with Gasteiger partial charge in [0.15, 0.2) is 0 Å². The highest BCUT2D eigenvalue weighted by atomic mass is 17.3. The molecule has 0 N–H and O–H groups in total. The molecule has 0 aliphatic heterocycles. The van der Waals surface area contributed by atoms with Gasteiger partial charge in [0.2, 0.25) is 5.79 Å². The first-order valence-electron chi connectivity index (χ1n) is 9.11. The van der Waals surface area contributed by atoms with E-state index in [1.165, 1.54) is 0 Å². The largest absolute Gasteiger partial charge is 0.234 e. The molecule has 138 valence electrons. The molecule has 1 unspecified atom stereocenters. The molecule has 4 heteroatoms. The lowest BCUT2D eigenvalue weighted by Gasteiger charge is -2.46. The van der Waals surface area contributed by atoms with Crippen molar-refractivity contribution in [2.75, 3.05) is 0 Å². The zero-order valence-electron chi connectivity index (χ0n) is 16.7. The Morgan fingerprint density at radius 1 is 0.870 bits per heavy atom. The Morgan fingerprint density at radius 3 is 1.65 bits per heavy atom. The molecule has 0 bridgehead atoms. The van der Waals surface area contributed by atoms with Gasteiger partial charge in [0, 0.05) is 12.8 Å². The van der Waals surface area contributed by atoms with Crippen LogP contribution in [0.5, 0.6) is 0 Å². The standard InChI is InChI=1S/C19H38O4/c1-10-17(6,7)20-22-19(23-21-18(8,9)11-2)13-12-16(4,5)15(3)14-19/h15H,10-14H2,1-9H3. The van der Waals surface area contributed by atoms with Crippen molar-refractivity contribution < 1.29 is 19.6 Å². The molecular formula is C19H38O4. The Bertz CT molecular complexity index is 354. The van der Waals surface area contributed by atoms with Gasteiger partial charge in [-0.3, -0.25) is 0 Å². The molecule has 0 spiro atoms. The molecule has 1 fully saturated rings. The molecule has 0 aromatic heterocycles. The van der Waals surface area contributed by atoms with Gasteiger partial charge in [-0.1, -0.05) is 34.6 Å². The second-order valence-corrected chi connectivity index (χ2v) is 9.06. The van der Waals surface area contributed by atoms with Crippen molar-refractivity contribution in [2.24, 2.45) is 11.3 Å². The fraction of sp³-hybridized carbons (Fsp3) is 1.00. The van der Waals surface area contributed by atoms with Gasteiger partial charge >= 0.3 is 0 Å². The molecule has 4 nitrogen and oxygen atoms in total. The molecule has 1 atom stereocenters. The van der Waals surface area contributed by atoms with Crippen molar-refractivity contribution in [3.63, 3.8) is 0 Å². The van der Waals surface area contributed by atoms with Crippen LogP contribution in [-0.4, -0.2) is 17.0 Å². The van der Waals surface area contributed by atoms with E-state index in [1.54, 1.807) is 0 Å². The van der Waals surface area contributed by atoms with Crippen LogP contribution in [0.2, 0.25) is 0 Å². The van der Waals surface area contributed by atoms with Gasteiger partial charge in [0.05, 0.1) is 11.2 Å². The monoisotopic (exact) mass is 330 g/mol. The zero-order valence-corrected chi connectivity index (χ0v) is 16.7. The van der Waals surface area contributed by atoms with Crippen molar-refractivity contribution >= 4 is 0 Å². The third-order valence-electron chi connectivity index (χ3n) is 5.64. The van der Waals surface area contributed by atoms with E-state index in [0.717, 1.165) is 32.1 Å². The summed E-state index contributed by atoms with van der Waals surface area (Å²) >= 11 is 0. The molecule has 0 radical (unpaired) electrons. The minimum Gasteiger partial charge on any atom is -0.228 e. The predicted molar refractivity (Wildman–Crippen MR) is 92.6 cm³/mol. The molecule has 0 aromatic rings. The minimum absolute atomic E-state index is 0.275. The molecule has 1 aliphatic carbocycles. The smallest absolute Gasteiger partial charge is 0.228 e. The summed E-state index contributed by atoms with van der Waals surface area (Å²) in [6, 6.07) is 0. The molecule has 0 aromatic carbocycles. The Kier molecular flexibility index (Phi) is 6.70. The SMILES string of the molecule is CCC(C)(C)OOC1(OOC(C)(C)CC)CCC(C)(C)C(C)C1.